The van der Waals surface area contributed by atoms with Crippen LogP contribution in [0.1, 0.15) is 19.3 Å². The monoisotopic (exact) mass is 317 g/mol. The standard InChI is InChI=1S/C13H19NO6S/c15-9-3-1-2-8-14-21(18,19)12-6-4-11(5-7-12)20-10-13(16)17/h4-7,14-15H,1-3,8-10H2,(H,16,17). The Morgan fingerprint density at radius 3 is 2.38 bits per heavy atom. The molecule has 0 aromatic heterocycles. The molecule has 118 valence electrons. The minimum Gasteiger partial charge on any atom is -0.482 e. The molecule has 21 heavy (non-hydrogen) atoms. The first-order valence-corrected chi connectivity index (χ1v) is 7.99. The lowest BCUT2D eigenvalue weighted by Gasteiger charge is -2.08. The summed E-state index contributed by atoms with van der Waals surface area (Å²) in [5, 5.41) is 17.1. The number of hydrogen-bond acceptors (Lipinski definition) is 5. The number of rotatable bonds is 10. The van der Waals surface area contributed by atoms with E-state index < -0.39 is 22.6 Å². The summed E-state index contributed by atoms with van der Waals surface area (Å²) in [5.41, 5.74) is 0. The summed E-state index contributed by atoms with van der Waals surface area (Å²) in [6.07, 6.45) is 2.05. The number of ether oxygens (including phenoxy) is 1. The average Bonchev–Trinajstić information content (AvgIpc) is 2.45. The second-order valence-corrected chi connectivity index (χ2v) is 6.10. The fourth-order valence-electron chi connectivity index (χ4n) is 1.56. The van der Waals surface area contributed by atoms with Gasteiger partial charge in [-0.15, -0.1) is 0 Å². The maximum absolute atomic E-state index is 11.9. The Morgan fingerprint density at radius 1 is 1.14 bits per heavy atom. The molecule has 1 rings (SSSR count). The molecule has 3 N–H and O–H groups in total. The summed E-state index contributed by atoms with van der Waals surface area (Å²) in [5.74, 6) is -0.810. The number of hydrogen-bond donors (Lipinski definition) is 3. The van der Waals surface area contributed by atoms with Crippen LogP contribution >= 0.6 is 0 Å². The smallest absolute Gasteiger partial charge is 0.341 e. The van der Waals surface area contributed by atoms with Crippen molar-refractivity contribution in [1.29, 1.82) is 0 Å². The van der Waals surface area contributed by atoms with Crippen molar-refractivity contribution in [3.63, 3.8) is 0 Å². The maximum atomic E-state index is 11.9. The molecule has 0 radical (unpaired) electrons. The van der Waals surface area contributed by atoms with Crippen LogP contribution in [0.15, 0.2) is 29.2 Å². The summed E-state index contributed by atoms with van der Waals surface area (Å²) in [7, 11) is -3.58. The lowest BCUT2D eigenvalue weighted by Crippen LogP contribution is -2.24. The minimum absolute atomic E-state index is 0.0901. The molecule has 0 saturated heterocycles. The number of aliphatic hydroxyl groups is 1. The molecular weight excluding hydrogens is 298 g/mol. The molecule has 0 amide bonds. The van der Waals surface area contributed by atoms with Crippen molar-refractivity contribution >= 4 is 16.0 Å². The van der Waals surface area contributed by atoms with Crippen LogP contribution in [0, 0.1) is 0 Å². The Bertz CT molecular complexity index is 540. The predicted molar refractivity (Wildman–Crippen MR) is 75.7 cm³/mol. The summed E-state index contributed by atoms with van der Waals surface area (Å²) in [6, 6.07) is 5.52. The molecule has 8 heteroatoms. The van der Waals surface area contributed by atoms with E-state index >= 15 is 0 Å². The SMILES string of the molecule is O=C(O)COc1ccc(S(=O)(=O)NCCCCCO)cc1. The molecule has 0 aliphatic rings. The van der Waals surface area contributed by atoms with Crippen LogP contribution in [0.2, 0.25) is 0 Å². The molecule has 0 heterocycles. The highest BCUT2D eigenvalue weighted by molar-refractivity contribution is 7.89. The zero-order chi connectivity index (χ0) is 15.7. The Kier molecular flexibility index (Phi) is 7.13. The van der Waals surface area contributed by atoms with E-state index in [1.807, 2.05) is 0 Å². The van der Waals surface area contributed by atoms with Crippen molar-refractivity contribution in [1.82, 2.24) is 4.72 Å². The quantitative estimate of drug-likeness (QED) is 0.544. The number of carbonyl (C=O) groups is 1. The second kappa shape index (κ2) is 8.60. The van der Waals surface area contributed by atoms with Crippen molar-refractivity contribution in [2.45, 2.75) is 24.2 Å². The Labute approximate surface area is 123 Å². The van der Waals surface area contributed by atoms with E-state index in [1.165, 1.54) is 24.3 Å². The van der Waals surface area contributed by atoms with Gasteiger partial charge in [-0.2, -0.15) is 0 Å². The van der Waals surface area contributed by atoms with Gasteiger partial charge in [0.05, 0.1) is 4.90 Å². The summed E-state index contributed by atoms with van der Waals surface area (Å²) >= 11 is 0. The molecule has 0 spiro atoms. The molecule has 0 aliphatic heterocycles. The Morgan fingerprint density at radius 2 is 1.81 bits per heavy atom. The molecular formula is C13H19NO6S. The summed E-state index contributed by atoms with van der Waals surface area (Å²) < 4.78 is 31.3. The molecule has 0 aliphatic carbocycles. The third-order valence-electron chi connectivity index (χ3n) is 2.62. The highest BCUT2D eigenvalue weighted by Gasteiger charge is 2.13. The van der Waals surface area contributed by atoms with Gasteiger partial charge >= 0.3 is 5.97 Å². The van der Waals surface area contributed by atoms with Crippen molar-refractivity contribution in [2.24, 2.45) is 0 Å². The van der Waals surface area contributed by atoms with Gasteiger partial charge in [-0.3, -0.25) is 0 Å². The van der Waals surface area contributed by atoms with Gasteiger partial charge in [-0.25, -0.2) is 17.9 Å². The molecule has 0 saturated carbocycles. The van der Waals surface area contributed by atoms with Gasteiger partial charge in [-0.1, -0.05) is 0 Å². The van der Waals surface area contributed by atoms with E-state index in [4.69, 9.17) is 14.9 Å². The summed E-state index contributed by atoms with van der Waals surface area (Å²) in [4.78, 5) is 10.4. The number of carboxylic acids is 1. The number of nitrogens with one attached hydrogen (secondary N) is 1. The van der Waals surface area contributed by atoms with Crippen LogP contribution in [0.4, 0.5) is 0 Å². The maximum Gasteiger partial charge on any atom is 0.341 e. The average molecular weight is 317 g/mol. The second-order valence-electron chi connectivity index (χ2n) is 4.34. The van der Waals surface area contributed by atoms with Gasteiger partial charge in [0, 0.05) is 13.2 Å². The molecule has 0 atom stereocenters. The fourth-order valence-corrected chi connectivity index (χ4v) is 2.64. The zero-order valence-corrected chi connectivity index (χ0v) is 12.3. The van der Waals surface area contributed by atoms with Crippen LogP contribution in [0.25, 0.3) is 0 Å². The van der Waals surface area contributed by atoms with E-state index in [-0.39, 0.29) is 11.5 Å². The van der Waals surface area contributed by atoms with Crippen LogP contribution in [-0.4, -0.2) is 44.4 Å². The molecule has 0 bridgehead atoms. The van der Waals surface area contributed by atoms with Crippen molar-refractivity contribution in [3.05, 3.63) is 24.3 Å². The van der Waals surface area contributed by atoms with E-state index in [0.717, 1.165) is 6.42 Å². The lowest BCUT2D eigenvalue weighted by atomic mass is 10.2. The van der Waals surface area contributed by atoms with Crippen LogP contribution in [-0.2, 0) is 14.8 Å². The number of carboxylic acid groups (broad SMARTS) is 1. The number of unbranched alkanes of at least 4 members (excludes halogenated alkanes) is 2. The molecule has 0 unspecified atom stereocenters. The lowest BCUT2D eigenvalue weighted by molar-refractivity contribution is -0.139. The molecule has 0 fully saturated rings. The van der Waals surface area contributed by atoms with E-state index in [2.05, 4.69) is 4.72 Å². The minimum atomic E-state index is -3.58. The van der Waals surface area contributed by atoms with E-state index in [0.29, 0.717) is 25.1 Å². The van der Waals surface area contributed by atoms with Gasteiger partial charge in [0.25, 0.3) is 0 Å². The first-order valence-electron chi connectivity index (χ1n) is 6.51. The van der Waals surface area contributed by atoms with Crippen LogP contribution in [0.3, 0.4) is 0 Å². The normalized spacial score (nSPS) is 11.3. The van der Waals surface area contributed by atoms with Crippen molar-refractivity contribution in [3.8, 4) is 5.75 Å². The molecule has 1 aromatic rings. The van der Waals surface area contributed by atoms with Gasteiger partial charge in [0.1, 0.15) is 5.75 Å². The van der Waals surface area contributed by atoms with E-state index in [9.17, 15) is 13.2 Å². The Balaban J connectivity index is 2.52. The third-order valence-corrected chi connectivity index (χ3v) is 4.10. The molecule has 1 aromatic carbocycles. The number of aliphatic carboxylic acids is 1. The van der Waals surface area contributed by atoms with Gasteiger partial charge < -0.3 is 14.9 Å². The molecule has 7 nitrogen and oxygen atoms in total. The number of aliphatic hydroxyl groups excluding tert-OH is 1. The number of benzene rings is 1. The van der Waals surface area contributed by atoms with Gasteiger partial charge in [-0.05, 0) is 43.5 Å². The number of sulfonamides is 1. The fraction of sp³-hybridized carbons (Fsp3) is 0.462. The zero-order valence-electron chi connectivity index (χ0n) is 11.5. The summed E-state index contributed by atoms with van der Waals surface area (Å²) in [6.45, 7) is -0.0701. The first-order chi connectivity index (χ1) is 9.95. The topological polar surface area (TPSA) is 113 Å². The third kappa shape index (κ3) is 6.56. The van der Waals surface area contributed by atoms with Crippen molar-refractivity contribution < 1.29 is 28.2 Å². The van der Waals surface area contributed by atoms with Gasteiger partial charge in [0.15, 0.2) is 6.61 Å². The highest BCUT2D eigenvalue weighted by atomic mass is 32.2. The highest BCUT2D eigenvalue weighted by Crippen LogP contribution is 2.15. The van der Waals surface area contributed by atoms with Crippen LogP contribution in [0.5, 0.6) is 5.75 Å². The Hall–Kier alpha value is -1.64. The van der Waals surface area contributed by atoms with Crippen molar-refractivity contribution in [2.75, 3.05) is 19.8 Å². The van der Waals surface area contributed by atoms with E-state index in [1.54, 1.807) is 0 Å². The van der Waals surface area contributed by atoms with Gasteiger partial charge in [0.2, 0.25) is 10.0 Å². The van der Waals surface area contributed by atoms with Crippen LogP contribution < -0.4 is 9.46 Å². The largest absolute Gasteiger partial charge is 0.482 e. The predicted octanol–water partition coefficient (Wildman–Crippen LogP) is 0.591. The first kappa shape index (κ1) is 17.4.